The minimum atomic E-state index is -0.0220. The maximum atomic E-state index is 10.2. The van der Waals surface area contributed by atoms with Gasteiger partial charge in [-0.25, -0.2) is 0 Å². The summed E-state index contributed by atoms with van der Waals surface area (Å²) < 4.78 is 4.56. The van der Waals surface area contributed by atoms with Gasteiger partial charge in [-0.05, 0) is 0 Å². The Kier molecular flexibility index (Phi) is 4.50. The van der Waals surface area contributed by atoms with E-state index in [0.29, 0.717) is 0 Å². The topological polar surface area (TPSA) is 30.2 Å². The average Bonchev–Trinajstić information content (AvgIpc) is 1.94. The molecule has 9 heavy (non-hydrogen) atoms. The van der Waals surface area contributed by atoms with Gasteiger partial charge in [0.05, 0.1) is 12.5 Å². The highest BCUT2D eigenvalue weighted by atomic mass is 16.3. The summed E-state index contributed by atoms with van der Waals surface area (Å²) in [4.78, 5) is 10.2. The van der Waals surface area contributed by atoms with Gasteiger partial charge in [-0.1, -0.05) is 13.8 Å². The molecular formula is C7H10O2. The highest BCUT2D eigenvalue weighted by Crippen LogP contribution is 1.72. The molecule has 1 heterocycles. The van der Waals surface area contributed by atoms with Crippen LogP contribution in [0.15, 0.2) is 33.9 Å². The molecule has 0 atom stereocenters. The van der Waals surface area contributed by atoms with Crippen molar-refractivity contribution >= 4 is 0 Å². The van der Waals surface area contributed by atoms with Crippen LogP contribution in [-0.4, -0.2) is 0 Å². The summed E-state index contributed by atoms with van der Waals surface area (Å²) in [5.41, 5.74) is -0.0220. The molecule has 0 aromatic carbocycles. The maximum Gasteiger partial charge on any atom is 0.184 e. The Bertz CT molecular complexity index is 173. The molecule has 0 fully saturated rings. The van der Waals surface area contributed by atoms with Gasteiger partial charge in [-0.2, -0.15) is 0 Å². The molecule has 0 aliphatic heterocycles. The molecule has 2 heteroatoms. The average molecular weight is 126 g/mol. The molecule has 0 amide bonds. The fourth-order valence-corrected chi connectivity index (χ4v) is 0.314. The minimum Gasteiger partial charge on any atom is -0.472 e. The van der Waals surface area contributed by atoms with Crippen LogP contribution in [0.1, 0.15) is 13.8 Å². The van der Waals surface area contributed by atoms with Gasteiger partial charge in [0.1, 0.15) is 0 Å². The lowest BCUT2D eigenvalue weighted by atomic mass is 10.5. The van der Waals surface area contributed by atoms with Crippen molar-refractivity contribution in [1.29, 1.82) is 0 Å². The van der Waals surface area contributed by atoms with E-state index in [4.69, 9.17) is 0 Å². The SMILES string of the molecule is CC.O=c1ccocc1. The summed E-state index contributed by atoms with van der Waals surface area (Å²) in [6.07, 6.45) is 2.70. The summed E-state index contributed by atoms with van der Waals surface area (Å²) in [5.74, 6) is 0. The van der Waals surface area contributed by atoms with E-state index in [2.05, 4.69) is 4.42 Å². The van der Waals surface area contributed by atoms with Crippen LogP contribution in [0.2, 0.25) is 0 Å². The fourth-order valence-electron chi connectivity index (χ4n) is 0.314. The lowest BCUT2D eigenvalue weighted by molar-refractivity contribution is 0.548. The first-order valence-electron chi connectivity index (χ1n) is 2.92. The smallest absolute Gasteiger partial charge is 0.184 e. The van der Waals surface area contributed by atoms with Gasteiger partial charge in [0.2, 0.25) is 0 Å². The van der Waals surface area contributed by atoms with E-state index in [-0.39, 0.29) is 5.43 Å². The summed E-state index contributed by atoms with van der Waals surface area (Å²) in [6, 6.07) is 2.72. The fraction of sp³-hybridized carbons (Fsp3) is 0.286. The standard InChI is InChI=1S/C5H4O2.C2H6/c6-5-1-3-7-4-2-5;1-2/h1-4H;1-2H3. The van der Waals surface area contributed by atoms with Gasteiger partial charge in [-0.3, -0.25) is 4.79 Å². The Balaban J connectivity index is 0.000000291. The van der Waals surface area contributed by atoms with Crippen LogP contribution in [0.4, 0.5) is 0 Å². The monoisotopic (exact) mass is 126 g/mol. The van der Waals surface area contributed by atoms with Gasteiger partial charge >= 0.3 is 0 Å². The highest BCUT2D eigenvalue weighted by Gasteiger charge is 1.72. The molecule has 0 saturated heterocycles. The molecule has 0 unspecified atom stereocenters. The van der Waals surface area contributed by atoms with E-state index in [9.17, 15) is 4.79 Å². The van der Waals surface area contributed by atoms with Crippen molar-refractivity contribution in [3.05, 3.63) is 34.9 Å². The second-order valence-corrected chi connectivity index (χ2v) is 1.14. The molecule has 1 aromatic rings. The zero-order valence-corrected chi connectivity index (χ0v) is 5.63. The molecule has 0 radical (unpaired) electrons. The third-order valence-electron chi connectivity index (χ3n) is 0.622. The molecule has 0 bridgehead atoms. The first kappa shape index (κ1) is 7.95. The Morgan fingerprint density at radius 2 is 1.67 bits per heavy atom. The van der Waals surface area contributed by atoms with Crippen LogP contribution in [0.5, 0.6) is 0 Å². The van der Waals surface area contributed by atoms with E-state index in [1.807, 2.05) is 13.8 Å². The van der Waals surface area contributed by atoms with E-state index in [1.54, 1.807) is 0 Å². The molecule has 0 spiro atoms. The lowest BCUT2D eigenvalue weighted by Gasteiger charge is -1.72. The minimum absolute atomic E-state index is 0.0220. The van der Waals surface area contributed by atoms with Crippen molar-refractivity contribution in [1.82, 2.24) is 0 Å². The molecular weight excluding hydrogens is 116 g/mol. The van der Waals surface area contributed by atoms with Crippen molar-refractivity contribution < 1.29 is 4.42 Å². The largest absolute Gasteiger partial charge is 0.472 e. The van der Waals surface area contributed by atoms with Crippen LogP contribution in [0, 0.1) is 0 Å². The number of hydrogen-bond donors (Lipinski definition) is 0. The third-order valence-corrected chi connectivity index (χ3v) is 0.622. The van der Waals surface area contributed by atoms with Crippen LogP contribution >= 0.6 is 0 Å². The van der Waals surface area contributed by atoms with Crippen molar-refractivity contribution in [3.8, 4) is 0 Å². The molecule has 0 aliphatic rings. The third kappa shape index (κ3) is 3.53. The van der Waals surface area contributed by atoms with Gasteiger partial charge in [0.15, 0.2) is 5.43 Å². The maximum absolute atomic E-state index is 10.2. The predicted molar refractivity (Wildman–Crippen MR) is 36.3 cm³/mol. The van der Waals surface area contributed by atoms with E-state index in [1.165, 1.54) is 24.7 Å². The van der Waals surface area contributed by atoms with E-state index in [0.717, 1.165) is 0 Å². The zero-order valence-electron chi connectivity index (χ0n) is 5.63. The molecule has 50 valence electrons. The molecule has 1 aromatic heterocycles. The van der Waals surface area contributed by atoms with Gasteiger partial charge < -0.3 is 4.42 Å². The molecule has 0 saturated carbocycles. The van der Waals surface area contributed by atoms with Crippen molar-refractivity contribution in [2.45, 2.75) is 13.8 Å². The van der Waals surface area contributed by atoms with Crippen LogP contribution < -0.4 is 5.43 Å². The molecule has 0 aliphatic carbocycles. The van der Waals surface area contributed by atoms with Crippen molar-refractivity contribution in [2.24, 2.45) is 0 Å². The Morgan fingerprint density at radius 1 is 1.22 bits per heavy atom. The molecule has 0 N–H and O–H groups in total. The molecule has 2 nitrogen and oxygen atoms in total. The Morgan fingerprint density at radius 3 is 1.89 bits per heavy atom. The summed E-state index contributed by atoms with van der Waals surface area (Å²) in [5, 5.41) is 0. The van der Waals surface area contributed by atoms with Crippen LogP contribution in [0.3, 0.4) is 0 Å². The van der Waals surface area contributed by atoms with Crippen molar-refractivity contribution in [2.75, 3.05) is 0 Å². The lowest BCUT2D eigenvalue weighted by Crippen LogP contribution is -1.90. The second kappa shape index (κ2) is 5.09. The summed E-state index contributed by atoms with van der Waals surface area (Å²) in [7, 11) is 0. The normalized spacial score (nSPS) is 7.33. The molecule has 1 rings (SSSR count). The first-order valence-corrected chi connectivity index (χ1v) is 2.92. The summed E-state index contributed by atoms with van der Waals surface area (Å²) in [6.45, 7) is 4.00. The predicted octanol–water partition coefficient (Wildman–Crippen LogP) is 1.67. The van der Waals surface area contributed by atoms with E-state index < -0.39 is 0 Å². The van der Waals surface area contributed by atoms with Crippen LogP contribution in [-0.2, 0) is 0 Å². The van der Waals surface area contributed by atoms with Gasteiger partial charge in [-0.15, -0.1) is 0 Å². The Hall–Kier alpha value is -1.05. The number of hydrogen-bond acceptors (Lipinski definition) is 2. The zero-order chi connectivity index (χ0) is 7.11. The van der Waals surface area contributed by atoms with Crippen LogP contribution in [0.25, 0.3) is 0 Å². The van der Waals surface area contributed by atoms with Gasteiger partial charge in [0, 0.05) is 12.1 Å². The second-order valence-electron chi connectivity index (χ2n) is 1.14. The number of rotatable bonds is 0. The quantitative estimate of drug-likeness (QED) is 0.529. The first-order chi connectivity index (χ1) is 4.39. The van der Waals surface area contributed by atoms with Gasteiger partial charge in [0.25, 0.3) is 0 Å². The summed E-state index contributed by atoms with van der Waals surface area (Å²) >= 11 is 0. The Labute approximate surface area is 54.1 Å². The van der Waals surface area contributed by atoms with Crippen molar-refractivity contribution in [3.63, 3.8) is 0 Å². The van der Waals surface area contributed by atoms with E-state index >= 15 is 0 Å². The highest BCUT2D eigenvalue weighted by molar-refractivity contribution is 4.86.